The molecule has 0 fully saturated rings. The molecule has 0 bridgehead atoms. The number of hydrogen-bond acceptors (Lipinski definition) is 3. The number of unbranched alkanes of at least 4 members (excludes halogenated alkanes) is 2. The molecular formula is C27H35ClN2O2. The van der Waals surface area contributed by atoms with Gasteiger partial charge in [-0.3, -0.25) is 4.79 Å². The van der Waals surface area contributed by atoms with Crippen LogP contribution >= 0.6 is 11.6 Å². The molecule has 2 aliphatic heterocycles. The van der Waals surface area contributed by atoms with Gasteiger partial charge < -0.3 is 14.9 Å². The summed E-state index contributed by atoms with van der Waals surface area (Å²) in [6.07, 6.45) is 8.05. The van der Waals surface area contributed by atoms with Crippen LogP contribution < -0.4 is 4.90 Å². The second kappa shape index (κ2) is 10.8. The van der Waals surface area contributed by atoms with Gasteiger partial charge in [-0.2, -0.15) is 0 Å². The summed E-state index contributed by atoms with van der Waals surface area (Å²) in [5.41, 5.74) is 5.88. The highest BCUT2D eigenvalue weighted by Gasteiger charge is 2.30. The molecule has 2 aliphatic rings. The Morgan fingerprint density at radius 2 is 1.84 bits per heavy atom. The lowest BCUT2D eigenvalue weighted by molar-refractivity contribution is -0.119. The van der Waals surface area contributed by atoms with Crippen molar-refractivity contribution in [1.29, 1.82) is 0 Å². The average molecular weight is 455 g/mol. The van der Waals surface area contributed by atoms with Crippen LogP contribution in [-0.4, -0.2) is 42.6 Å². The largest absolute Gasteiger partial charge is 0.388 e. The highest BCUT2D eigenvalue weighted by molar-refractivity contribution is 6.31. The highest BCUT2D eigenvalue weighted by Crippen LogP contribution is 2.38. The second-order valence-corrected chi connectivity index (χ2v) is 9.75. The first-order valence-corrected chi connectivity index (χ1v) is 12.5. The van der Waals surface area contributed by atoms with Gasteiger partial charge in [0.1, 0.15) is 0 Å². The van der Waals surface area contributed by atoms with E-state index < -0.39 is 6.10 Å². The van der Waals surface area contributed by atoms with Gasteiger partial charge in [0.25, 0.3) is 0 Å². The predicted molar refractivity (Wildman–Crippen MR) is 132 cm³/mol. The highest BCUT2D eigenvalue weighted by atomic mass is 35.5. The summed E-state index contributed by atoms with van der Waals surface area (Å²) < 4.78 is 0. The molecule has 1 N–H and O–H groups in total. The van der Waals surface area contributed by atoms with Gasteiger partial charge >= 0.3 is 0 Å². The number of nitrogens with zero attached hydrogens (tertiary/aromatic N) is 2. The van der Waals surface area contributed by atoms with Crippen molar-refractivity contribution in [3.8, 4) is 0 Å². The Balaban J connectivity index is 1.21. The first-order chi connectivity index (χ1) is 15.5. The topological polar surface area (TPSA) is 43.8 Å². The van der Waals surface area contributed by atoms with E-state index in [1.807, 2.05) is 23.1 Å². The Bertz CT molecular complexity index is 928. The van der Waals surface area contributed by atoms with Gasteiger partial charge in [0.15, 0.2) is 0 Å². The number of aryl methyl sites for hydroxylation is 2. The van der Waals surface area contributed by atoms with Crippen molar-refractivity contribution in [3.05, 3.63) is 63.7 Å². The van der Waals surface area contributed by atoms with E-state index in [1.54, 1.807) is 0 Å². The number of aliphatic hydroxyl groups is 1. The lowest BCUT2D eigenvalue weighted by atomic mass is 9.88. The molecule has 32 heavy (non-hydrogen) atoms. The minimum Gasteiger partial charge on any atom is -0.388 e. The Morgan fingerprint density at radius 1 is 1.06 bits per heavy atom. The molecule has 0 saturated heterocycles. The molecule has 1 atom stereocenters. The minimum absolute atomic E-state index is 0.253. The van der Waals surface area contributed by atoms with Crippen LogP contribution in [0.5, 0.6) is 0 Å². The van der Waals surface area contributed by atoms with Gasteiger partial charge in [-0.25, -0.2) is 0 Å². The molecule has 2 heterocycles. The smallest absolute Gasteiger partial charge is 0.227 e. The number of hydrogen-bond donors (Lipinski definition) is 1. The Kier molecular flexibility index (Phi) is 7.88. The van der Waals surface area contributed by atoms with E-state index in [0.717, 1.165) is 87.3 Å². The number of aliphatic hydroxyl groups excluding tert-OH is 1. The average Bonchev–Trinajstić information content (AvgIpc) is 2.80. The van der Waals surface area contributed by atoms with Crippen molar-refractivity contribution in [2.75, 3.05) is 31.6 Å². The van der Waals surface area contributed by atoms with Crippen LogP contribution in [0.3, 0.4) is 0 Å². The first kappa shape index (κ1) is 23.3. The lowest BCUT2D eigenvalue weighted by Gasteiger charge is -2.35. The zero-order chi connectivity index (χ0) is 22.5. The van der Waals surface area contributed by atoms with E-state index in [4.69, 9.17) is 11.6 Å². The molecule has 0 aromatic heterocycles. The van der Waals surface area contributed by atoms with E-state index in [9.17, 15) is 9.90 Å². The molecule has 0 radical (unpaired) electrons. The molecule has 4 nitrogen and oxygen atoms in total. The fraction of sp³-hybridized carbons (Fsp3) is 0.519. The van der Waals surface area contributed by atoms with Crippen LogP contribution in [0.1, 0.15) is 66.9 Å². The van der Waals surface area contributed by atoms with Gasteiger partial charge in [-0.1, -0.05) is 54.8 Å². The third-order valence-electron chi connectivity index (χ3n) is 6.92. The summed E-state index contributed by atoms with van der Waals surface area (Å²) in [5.74, 6) is 0.253. The van der Waals surface area contributed by atoms with Crippen LogP contribution in [0, 0.1) is 0 Å². The second-order valence-electron chi connectivity index (χ2n) is 9.35. The van der Waals surface area contributed by atoms with Crippen LogP contribution in [0.15, 0.2) is 36.4 Å². The van der Waals surface area contributed by atoms with Crippen LogP contribution in [-0.2, 0) is 24.1 Å². The zero-order valence-electron chi connectivity index (χ0n) is 19.2. The number of carbonyl (C=O) groups is 1. The summed E-state index contributed by atoms with van der Waals surface area (Å²) in [6.45, 7) is 2.91. The van der Waals surface area contributed by atoms with Crippen molar-refractivity contribution >= 4 is 23.2 Å². The maximum atomic E-state index is 12.2. The van der Waals surface area contributed by atoms with E-state index >= 15 is 0 Å². The molecule has 1 amide bonds. The fourth-order valence-electron chi connectivity index (χ4n) is 5.06. The molecule has 4 rings (SSSR count). The number of benzene rings is 2. The van der Waals surface area contributed by atoms with Gasteiger partial charge in [-0.05, 0) is 80.4 Å². The molecule has 2 aromatic carbocycles. The quantitative estimate of drug-likeness (QED) is 0.493. The SMILES string of the molecule is CN(CCCCCC(O)c1cc2c3c(c1)CCC(=O)N3CCC2)CCc1ccccc1Cl. The molecule has 0 aliphatic carbocycles. The lowest BCUT2D eigenvalue weighted by Crippen LogP contribution is -2.39. The van der Waals surface area contributed by atoms with Gasteiger partial charge in [0.2, 0.25) is 5.91 Å². The maximum Gasteiger partial charge on any atom is 0.227 e. The summed E-state index contributed by atoms with van der Waals surface area (Å²) in [6, 6.07) is 12.4. The van der Waals surface area contributed by atoms with Crippen molar-refractivity contribution in [1.82, 2.24) is 4.90 Å². The Labute approximate surface area is 197 Å². The van der Waals surface area contributed by atoms with Gasteiger partial charge in [0, 0.05) is 24.5 Å². The summed E-state index contributed by atoms with van der Waals surface area (Å²) in [5, 5.41) is 11.7. The van der Waals surface area contributed by atoms with Gasteiger partial charge in [-0.15, -0.1) is 0 Å². The fourth-order valence-corrected chi connectivity index (χ4v) is 5.29. The van der Waals surface area contributed by atoms with Crippen molar-refractivity contribution in [2.24, 2.45) is 0 Å². The van der Waals surface area contributed by atoms with E-state index in [1.165, 1.54) is 16.7 Å². The Hall–Kier alpha value is -1.88. The maximum absolute atomic E-state index is 12.2. The number of carbonyl (C=O) groups excluding carboxylic acids is 1. The van der Waals surface area contributed by atoms with E-state index in [-0.39, 0.29) is 5.91 Å². The van der Waals surface area contributed by atoms with Crippen LogP contribution in [0.2, 0.25) is 5.02 Å². The molecule has 0 spiro atoms. The summed E-state index contributed by atoms with van der Waals surface area (Å²) >= 11 is 6.25. The molecule has 172 valence electrons. The molecule has 0 saturated carbocycles. The zero-order valence-corrected chi connectivity index (χ0v) is 19.9. The summed E-state index contributed by atoms with van der Waals surface area (Å²) in [7, 11) is 2.17. The number of amides is 1. The van der Waals surface area contributed by atoms with Crippen LogP contribution in [0.4, 0.5) is 5.69 Å². The predicted octanol–water partition coefficient (Wildman–Crippen LogP) is 5.33. The van der Waals surface area contributed by atoms with Crippen molar-refractivity contribution in [3.63, 3.8) is 0 Å². The number of anilines is 1. The van der Waals surface area contributed by atoms with E-state index in [0.29, 0.717) is 6.42 Å². The number of rotatable bonds is 10. The molecule has 2 aromatic rings. The minimum atomic E-state index is -0.414. The first-order valence-electron chi connectivity index (χ1n) is 12.1. The normalized spacial score (nSPS) is 16.4. The monoisotopic (exact) mass is 454 g/mol. The van der Waals surface area contributed by atoms with Crippen molar-refractivity contribution in [2.45, 2.75) is 63.9 Å². The molecular weight excluding hydrogens is 420 g/mol. The van der Waals surface area contributed by atoms with Crippen molar-refractivity contribution < 1.29 is 9.90 Å². The molecule has 1 unspecified atom stereocenters. The summed E-state index contributed by atoms with van der Waals surface area (Å²) in [4.78, 5) is 16.6. The standard InChI is InChI=1S/C27H35ClN2O2/c1-29(17-14-20-8-4-5-10-24(20)28)15-6-2-3-11-25(31)23-18-21-9-7-16-30-26(32)13-12-22(19-23)27(21)30/h4-5,8,10,18-19,25,31H,2-3,6-7,9,11-17H2,1H3. The third kappa shape index (κ3) is 5.54. The Morgan fingerprint density at radius 3 is 2.66 bits per heavy atom. The van der Waals surface area contributed by atoms with Gasteiger partial charge in [0.05, 0.1) is 11.8 Å². The van der Waals surface area contributed by atoms with Crippen LogP contribution in [0.25, 0.3) is 0 Å². The third-order valence-corrected chi connectivity index (χ3v) is 7.29. The molecule has 5 heteroatoms. The number of halogens is 1. The van der Waals surface area contributed by atoms with E-state index in [2.05, 4.69) is 30.1 Å². The number of likely N-dealkylation sites (N-methyl/N-ethyl adjacent to an activating group) is 1.